The van der Waals surface area contributed by atoms with Crippen LogP contribution in [0, 0.1) is 11.6 Å². The molecule has 6 rings (SSSR count). The molecule has 0 aliphatic carbocycles. The molecule has 0 spiro atoms. The lowest BCUT2D eigenvalue weighted by Gasteiger charge is -2.34. The molecular formula is C29H29BrF2N6O4. The fourth-order valence-electron chi connectivity index (χ4n) is 5.55. The van der Waals surface area contributed by atoms with Crippen molar-refractivity contribution in [3.63, 3.8) is 0 Å². The van der Waals surface area contributed by atoms with E-state index in [0.29, 0.717) is 40.7 Å². The molecule has 2 aromatic carbocycles. The summed E-state index contributed by atoms with van der Waals surface area (Å²) in [5.41, 5.74) is 3.06. The Labute approximate surface area is 247 Å². The Morgan fingerprint density at radius 2 is 2.00 bits per heavy atom. The Balaban J connectivity index is 1.18. The van der Waals surface area contributed by atoms with Gasteiger partial charge in [0.15, 0.2) is 11.6 Å². The van der Waals surface area contributed by atoms with Gasteiger partial charge in [-0.15, -0.1) is 0 Å². The van der Waals surface area contributed by atoms with Gasteiger partial charge in [-0.2, -0.15) is 0 Å². The average molecular weight is 643 g/mol. The minimum absolute atomic E-state index is 0.0151. The minimum atomic E-state index is -1.09. The Kier molecular flexibility index (Phi) is 7.73. The third-order valence-corrected chi connectivity index (χ3v) is 8.37. The number of aliphatic hydroxyl groups is 1. The second-order valence-corrected chi connectivity index (χ2v) is 11.6. The number of carbonyl (C=O) groups is 1. The number of ether oxygens (including phenoxy) is 1. The summed E-state index contributed by atoms with van der Waals surface area (Å²) in [6.45, 7) is 2.15. The van der Waals surface area contributed by atoms with E-state index >= 15 is 0 Å². The van der Waals surface area contributed by atoms with Gasteiger partial charge >= 0.3 is 0 Å². The van der Waals surface area contributed by atoms with Gasteiger partial charge in [0.2, 0.25) is 0 Å². The van der Waals surface area contributed by atoms with Crippen LogP contribution in [0.1, 0.15) is 28.8 Å². The molecule has 4 aromatic rings. The lowest BCUT2D eigenvalue weighted by molar-refractivity contribution is 0.0617. The highest BCUT2D eigenvalue weighted by atomic mass is 79.9. The number of aromatic amines is 2. The number of nitrogens with one attached hydrogen (secondary N) is 3. The van der Waals surface area contributed by atoms with Crippen LogP contribution < -0.4 is 15.6 Å². The number of nitrogens with zero attached hydrogens (tertiary/aromatic N) is 3. The molecule has 0 saturated carbocycles. The number of aromatic nitrogens is 3. The van der Waals surface area contributed by atoms with E-state index in [1.807, 2.05) is 11.0 Å². The van der Waals surface area contributed by atoms with E-state index in [-0.39, 0.29) is 40.9 Å². The van der Waals surface area contributed by atoms with Crippen molar-refractivity contribution in [3.05, 3.63) is 74.1 Å². The van der Waals surface area contributed by atoms with Gasteiger partial charge in [-0.3, -0.25) is 9.59 Å². The SMILES string of the molecule is CN1CCC(N2Cc3cc4nc(-c5c(NC[C@@H](O)COc6c(F)cc(F)cc6Br)cc[nH]c5=O)[nH]c4cc3C2=O)CC1. The number of hydrogen-bond donors (Lipinski definition) is 4. The summed E-state index contributed by atoms with van der Waals surface area (Å²) in [6.07, 6.45) is 2.27. The number of halogens is 3. The van der Waals surface area contributed by atoms with Crippen LogP contribution in [0.3, 0.4) is 0 Å². The van der Waals surface area contributed by atoms with E-state index < -0.39 is 23.3 Å². The Morgan fingerprint density at radius 3 is 2.76 bits per heavy atom. The van der Waals surface area contributed by atoms with Gasteiger partial charge in [0.05, 0.1) is 21.2 Å². The molecule has 42 heavy (non-hydrogen) atoms. The second-order valence-electron chi connectivity index (χ2n) is 10.7. The summed E-state index contributed by atoms with van der Waals surface area (Å²) in [5.74, 6) is -1.55. The summed E-state index contributed by atoms with van der Waals surface area (Å²) >= 11 is 3.05. The van der Waals surface area contributed by atoms with Crippen molar-refractivity contribution >= 4 is 38.6 Å². The molecule has 2 aliphatic rings. The highest BCUT2D eigenvalue weighted by molar-refractivity contribution is 9.10. The summed E-state index contributed by atoms with van der Waals surface area (Å²) in [5, 5.41) is 13.5. The molecular weight excluding hydrogens is 614 g/mol. The Hall–Kier alpha value is -3.81. The van der Waals surface area contributed by atoms with E-state index in [4.69, 9.17) is 4.74 Å². The number of piperidine rings is 1. The van der Waals surface area contributed by atoms with Crippen LogP contribution in [-0.2, 0) is 6.54 Å². The van der Waals surface area contributed by atoms with E-state index in [1.54, 1.807) is 12.1 Å². The molecule has 0 unspecified atom stereocenters. The smallest absolute Gasteiger partial charge is 0.261 e. The third kappa shape index (κ3) is 5.51. The quantitative estimate of drug-likeness (QED) is 0.230. The zero-order chi connectivity index (χ0) is 29.5. The van der Waals surface area contributed by atoms with Gasteiger partial charge in [0, 0.05) is 37.0 Å². The number of imidazole rings is 1. The monoisotopic (exact) mass is 642 g/mol. The van der Waals surface area contributed by atoms with Gasteiger partial charge in [0.1, 0.15) is 29.9 Å². The van der Waals surface area contributed by atoms with Gasteiger partial charge < -0.3 is 34.9 Å². The number of carbonyl (C=O) groups excluding carboxylic acids is 1. The molecule has 2 aliphatic heterocycles. The van der Waals surface area contributed by atoms with Crippen molar-refractivity contribution in [2.75, 3.05) is 38.6 Å². The first kappa shape index (κ1) is 28.3. The maximum atomic E-state index is 14.0. The summed E-state index contributed by atoms with van der Waals surface area (Å²) in [6, 6.07) is 7.31. The number of rotatable bonds is 8. The van der Waals surface area contributed by atoms with E-state index in [2.05, 4.69) is 48.1 Å². The molecule has 1 atom stereocenters. The second kappa shape index (κ2) is 11.5. The highest BCUT2D eigenvalue weighted by Gasteiger charge is 2.34. The van der Waals surface area contributed by atoms with Crippen LogP contribution in [-0.4, -0.2) is 81.2 Å². The van der Waals surface area contributed by atoms with Gasteiger partial charge in [-0.1, -0.05) is 0 Å². The predicted octanol–water partition coefficient (Wildman–Crippen LogP) is 3.86. The molecule has 4 heterocycles. The first-order chi connectivity index (χ1) is 20.2. The van der Waals surface area contributed by atoms with Gasteiger partial charge in [-0.05, 0) is 78.7 Å². The number of hydrogen-bond acceptors (Lipinski definition) is 7. The summed E-state index contributed by atoms with van der Waals surface area (Å²) < 4.78 is 32.8. The zero-order valence-electron chi connectivity index (χ0n) is 22.7. The van der Waals surface area contributed by atoms with Crippen LogP contribution >= 0.6 is 15.9 Å². The summed E-state index contributed by atoms with van der Waals surface area (Å²) in [7, 11) is 2.09. The van der Waals surface area contributed by atoms with Gasteiger partial charge in [-0.25, -0.2) is 13.8 Å². The normalized spacial score (nSPS) is 16.7. The molecule has 10 nitrogen and oxygen atoms in total. The molecule has 220 valence electrons. The van der Waals surface area contributed by atoms with Crippen molar-refractivity contribution in [2.45, 2.75) is 31.5 Å². The highest BCUT2D eigenvalue weighted by Crippen LogP contribution is 2.33. The number of fused-ring (bicyclic) bond motifs is 2. The maximum Gasteiger partial charge on any atom is 0.261 e. The number of pyridine rings is 1. The van der Waals surface area contributed by atoms with E-state index in [0.717, 1.165) is 37.6 Å². The number of aliphatic hydroxyl groups excluding tert-OH is 1. The average Bonchev–Trinajstić information content (AvgIpc) is 3.50. The van der Waals surface area contributed by atoms with Crippen LogP contribution in [0.2, 0.25) is 0 Å². The van der Waals surface area contributed by atoms with Crippen molar-refractivity contribution in [1.29, 1.82) is 0 Å². The lowest BCUT2D eigenvalue weighted by Crippen LogP contribution is -2.43. The fourth-order valence-corrected chi connectivity index (χ4v) is 6.08. The van der Waals surface area contributed by atoms with Crippen molar-refractivity contribution in [3.8, 4) is 17.1 Å². The van der Waals surface area contributed by atoms with Crippen LogP contribution in [0.5, 0.6) is 5.75 Å². The Bertz CT molecular complexity index is 1700. The van der Waals surface area contributed by atoms with Crippen LogP contribution in [0.15, 0.2) is 45.8 Å². The first-order valence-electron chi connectivity index (χ1n) is 13.6. The Morgan fingerprint density at radius 1 is 1.21 bits per heavy atom. The van der Waals surface area contributed by atoms with Crippen molar-refractivity contribution in [1.82, 2.24) is 24.8 Å². The van der Waals surface area contributed by atoms with Crippen molar-refractivity contribution < 1.29 is 23.4 Å². The number of amides is 1. The molecule has 4 N–H and O–H groups in total. The number of benzene rings is 2. The minimum Gasteiger partial charge on any atom is -0.487 e. The molecule has 1 amide bonds. The molecule has 2 aromatic heterocycles. The number of likely N-dealkylation sites (tertiary alicyclic amines) is 1. The van der Waals surface area contributed by atoms with Crippen LogP contribution in [0.4, 0.5) is 14.5 Å². The summed E-state index contributed by atoms with van der Waals surface area (Å²) in [4.78, 5) is 40.9. The number of H-pyrrole nitrogens is 2. The topological polar surface area (TPSA) is 127 Å². The molecule has 0 radical (unpaired) electrons. The third-order valence-electron chi connectivity index (χ3n) is 7.78. The standard InChI is InChI=1S/C29H29BrF2N6O4/c1-37-6-3-17(4-7-37)38-13-15-8-23-24(11-19(15)29(38)41)36-27(35-23)25-22(2-5-33-28(25)40)34-12-18(39)14-42-26-20(30)9-16(31)10-21(26)32/h2,5,8-11,17-18,39H,3-4,6-7,12-14H2,1H3,(H,35,36)(H2,33,34,40)/t18-/m1/s1. The molecule has 1 saturated heterocycles. The van der Waals surface area contributed by atoms with E-state index in [1.165, 1.54) is 6.20 Å². The molecule has 13 heteroatoms. The van der Waals surface area contributed by atoms with Crippen LogP contribution in [0.25, 0.3) is 22.4 Å². The fraction of sp³-hybridized carbons (Fsp3) is 0.345. The molecule has 1 fully saturated rings. The maximum absolute atomic E-state index is 14.0. The largest absolute Gasteiger partial charge is 0.487 e. The predicted molar refractivity (Wildman–Crippen MR) is 157 cm³/mol. The van der Waals surface area contributed by atoms with E-state index in [9.17, 15) is 23.5 Å². The zero-order valence-corrected chi connectivity index (χ0v) is 24.3. The first-order valence-corrected chi connectivity index (χ1v) is 14.4. The van der Waals surface area contributed by atoms with Gasteiger partial charge in [0.25, 0.3) is 11.5 Å². The number of anilines is 1. The van der Waals surface area contributed by atoms with Crippen molar-refractivity contribution in [2.24, 2.45) is 0 Å². The lowest BCUT2D eigenvalue weighted by atomic mass is 10.0. The molecule has 0 bridgehead atoms.